The Bertz CT molecular complexity index is 316. The van der Waals surface area contributed by atoms with Gasteiger partial charge in [-0.05, 0) is 29.3 Å². The van der Waals surface area contributed by atoms with Crippen molar-refractivity contribution < 1.29 is 0 Å². The van der Waals surface area contributed by atoms with Gasteiger partial charge in [0.25, 0.3) is 0 Å². The van der Waals surface area contributed by atoms with Crippen molar-refractivity contribution in [2.75, 3.05) is 11.1 Å². The zero-order chi connectivity index (χ0) is 11.3. The first-order chi connectivity index (χ1) is 7.15. The predicted octanol–water partition coefficient (Wildman–Crippen LogP) is 2.81. The van der Waals surface area contributed by atoms with Crippen molar-refractivity contribution in [2.24, 2.45) is 0 Å². The number of nitrogens with zero attached hydrogens (tertiary/aromatic N) is 2. The Kier molecular flexibility index (Phi) is 4.81. The molecule has 4 nitrogen and oxygen atoms in total. The van der Waals surface area contributed by atoms with Crippen LogP contribution < -0.4 is 11.1 Å². The van der Waals surface area contributed by atoms with Gasteiger partial charge in [0, 0.05) is 6.04 Å². The molecule has 0 aromatic carbocycles. The number of nitrogen functional groups attached to an aromatic ring is 1. The standard InChI is InChI=1S/C10H17BrN4/c1-3-4-5-7(2)15-10-8(11)9(12)13-6-14-10/h6-7H,3-5H2,1-2H3,(H3,12,13,14,15). The highest BCUT2D eigenvalue weighted by Gasteiger charge is 2.08. The average Bonchev–Trinajstić information content (AvgIpc) is 2.22. The van der Waals surface area contributed by atoms with Crippen LogP contribution in [0.5, 0.6) is 0 Å². The number of halogens is 1. The van der Waals surface area contributed by atoms with Crippen molar-refractivity contribution in [1.82, 2.24) is 9.97 Å². The molecule has 0 aliphatic rings. The topological polar surface area (TPSA) is 63.8 Å². The van der Waals surface area contributed by atoms with Gasteiger partial charge in [-0.2, -0.15) is 0 Å². The molecule has 0 fully saturated rings. The molecule has 1 atom stereocenters. The van der Waals surface area contributed by atoms with E-state index < -0.39 is 0 Å². The van der Waals surface area contributed by atoms with Crippen LogP contribution in [0.3, 0.4) is 0 Å². The Morgan fingerprint density at radius 1 is 1.53 bits per heavy atom. The van der Waals surface area contributed by atoms with Crippen LogP contribution >= 0.6 is 15.9 Å². The van der Waals surface area contributed by atoms with Crippen molar-refractivity contribution in [3.63, 3.8) is 0 Å². The number of nitrogens with two attached hydrogens (primary N) is 1. The van der Waals surface area contributed by atoms with Gasteiger partial charge >= 0.3 is 0 Å². The molecule has 0 amide bonds. The second-order valence-corrected chi connectivity index (χ2v) is 4.40. The fraction of sp³-hybridized carbons (Fsp3) is 0.600. The fourth-order valence-electron chi connectivity index (χ4n) is 1.30. The third-order valence-corrected chi connectivity index (χ3v) is 2.97. The van der Waals surface area contributed by atoms with Crippen LogP contribution in [0.25, 0.3) is 0 Å². The molecule has 1 rings (SSSR count). The number of unbranched alkanes of at least 4 members (excludes halogenated alkanes) is 1. The second kappa shape index (κ2) is 5.90. The van der Waals surface area contributed by atoms with Crippen LogP contribution in [0, 0.1) is 0 Å². The van der Waals surface area contributed by atoms with E-state index in [0.717, 1.165) is 16.7 Å². The Morgan fingerprint density at radius 2 is 2.27 bits per heavy atom. The van der Waals surface area contributed by atoms with Gasteiger partial charge in [-0.3, -0.25) is 0 Å². The van der Waals surface area contributed by atoms with Gasteiger partial charge in [-0.1, -0.05) is 19.8 Å². The maximum Gasteiger partial charge on any atom is 0.146 e. The van der Waals surface area contributed by atoms with E-state index in [0.29, 0.717) is 11.9 Å². The molecule has 3 N–H and O–H groups in total. The zero-order valence-corrected chi connectivity index (χ0v) is 10.7. The van der Waals surface area contributed by atoms with Crippen molar-refractivity contribution in [3.05, 3.63) is 10.8 Å². The molecule has 0 saturated carbocycles. The van der Waals surface area contributed by atoms with Gasteiger partial charge in [0.1, 0.15) is 22.4 Å². The van der Waals surface area contributed by atoms with Crippen LogP contribution in [0.4, 0.5) is 11.6 Å². The lowest BCUT2D eigenvalue weighted by Crippen LogP contribution is -2.16. The highest BCUT2D eigenvalue weighted by Crippen LogP contribution is 2.24. The number of rotatable bonds is 5. The summed E-state index contributed by atoms with van der Waals surface area (Å²) in [5, 5.41) is 3.31. The lowest BCUT2D eigenvalue weighted by atomic mass is 10.1. The molecule has 1 aromatic rings. The van der Waals surface area contributed by atoms with Gasteiger partial charge in [0.2, 0.25) is 0 Å². The SMILES string of the molecule is CCCCC(C)Nc1ncnc(N)c1Br. The smallest absolute Gasteiger partial charge is 0.146 e. The largest absolute Gasteiger partial charge is 0.383 e. The molecule has 1 heterocycles. The highest BCUT2D eigenvalue weighted by molar-refractivity contribution is 9.10. The summed E-state index contributed by atoms with van der Waals surface area (Å²) >= 11 is 3.36. The molecule has 0 saturated heterocycles. The third kappa shape index (κ3) is 3.66. The molecule has 5 heteroatoms. The van der Waals surface area contributed by atoms with E-state index in [9.17, 15) is 0 Å². The molecule has 0 aliphatic carbocycles. The Balaban J connectivity index is 2.60. The number of aromatic nitrogens is 2. The minimum absolute atomic E-state index is 0.399. The normalized spacial score (nSPS) is 12.5. The highest BCUT2D eigenvalue weighted by atomic mass is 79.9. The summed E-state index contributed by atoms with van der Waals surface area (Å²) in [6.07, 6.45) is 5.02. The second-order valence-electron chi connectivity index (χ2n) is 3.61. The minimum atomic E-state index is 0.399. The summed E-state index contributed by atoms with van der Waals surface area (Å²) in [6, 6.07) is 0.399. The summed E-state index contributed by atoms with van der Waals surface area (Å²) in [5.74, 6) is 1.24. The molecule has 15 heavy (non-hydrogen) atoms. The maximum atomic E-state index is 5.66. The van der Waals surface area contributed by atoms with E-state index in [-0.39, 0.29) is 0 Å². The Hall–Kier alpha value is -0.840. The fourth-order valence-corrected chi connectivity index (χ4v) is 1.62. The minimum Gasteiger partial charge on any atom is -0.383 e. The van der Waals surface area contributed by atoms with Crippen LogP contribution in [0.1, 0.15) is 33.1 Å². The average molecular weight is 273 g/mol. The summed E-state index contributed by atoms with van der Waals surface area (Å²) in [4.78, 5) is 8.03. The Morgan fingerprint density at radius 3 is 2.93 bits per heavy atom. The number of anilines is 2. The first kappa shape index (κ1) is 12.2. The van der Waals surface area contributed by atoms with Gasteiger partial charge < -0.3 is 11.1 Å². The monoisotopic (exact) mass is 272 g/mol. The van der Waals surface area contributed by atoms with E-state index in [1.54, 1.807) is 0 Å². The molecule has 84 valence electrons. The molecular formula is C10H17BrN4. The van der Waals surface area contributed by atoms with Crippen LogP contribution in [-0.4, -0.2) is 16.0 Å². The summed E-state index contributed by atoms with van der Waals surface area (Å²) < 4.78 is 0.744. The van der Waals surface area contributed by atoms with Gasteiger partial charge in [0.05, 0.1) is 0 Å². The first-order valence-electron chi connectivity index (χ1n) is 5.17. The molecular weight excluding hydrogens is 256 g/mol. The third-order valence-electron chi connectivity index (χ3n) is 2.19. The van der Waals surface area contributed by atoms with Gasteiger partial charge in [-0.25, -0.2) is 9.97 Å². The van der Waals surface area contributed by atoms with E-state index in [1.807, 2.05) is 0 Å². The summed E-state index contributed by atoms with van der Waals surface area (Å²) in [7, 11) is 0. The number of hydrogen-bond acceptors (Lipinski definition) is 4. The lowest BCUT2D eigenvalue weighted by Gasteiger charge is -2.15. The summed E-state index contributed by atoms with van der Waals surface area (Å²) in [5.41, 5.74) is 5.66. The first-order valence-corrected chi connectivity index (χ1v) is 5.97. The van der Waals surface area contributed by atoms with Crippen molar-refractivity contribution >= 4 is 27.6 Å². The van der Waals surface area contributed by atoms with Gasteiger partial charge in [0.15, 0.2) is 0 Å². The molecule has 1 aromatic heterocycles. The molecule has 0 aliphatic heterocycles. The predicted molar refractivity (Wildman–Crippen MR) is 66.8 cm³/mol. The molecule has 1 unspecified atom stereocenters. The van der Waals surface area contributed by atoms with Crippen LogP contribution in [0.15, 0.2) is 10.8 Å². The molecule has 0 bridgehead atoms. The van der Waals surface area contributed by atoms with Crippen molar-refractivity contribution in [1.29, 1.82) is 0 Å². The molecule has 0 radical (unpaired) electrons. The van der Waals surface area contributed by atoms with E-state index >= 15 is 0 Å². The number of nitrogens with one attached hydrogen (secondary N) is 1. The van der Waals surface area contributed by atoms with Crippen molar-refractivity contribution in [3.8, 4) is 0 Å². The molecule has 0 spiro atoms. The van der Waals surface area contributed by atoms with Crippen LogP contribution in [0.2, 0.25) is 0 Å². The Labute approximate surface area is 98.8 Å². The number of hydrogen-bond donors (Lipinski definition) is 2. The quantitative estimate of drug-likeness (QED) is 0.865. The lowest BCUT2D eigenvalue weighted by molar-refractivity contribution is 0.642. The van der Waals surface area contributed by atoms with E-state index in [2.05, 4.69) is 45.1 Å². The summed E-state index contributed by atoms with van der Waals surface area (Å²) in [6.45, 7) is 4.33. The zero-order valence-electron chi connectivity index (χ0n) is 9.13. The van der Waals surface area contributed by atoms with Crippen molar-refractivity contribution in [2.45, 2.75) is 39.2 Å². The van der Waals surface area contributed by atoms with Crippen LogP contribution in [-0.2, 0) is 0 Å². The van der Waals surface area contributed by atoms with E-state index in [4.69, 9.17) is 5.73 Å². The maximum absolute atomic E-state index is 5.66. The van der Waals surface area contributed by atoms with E-state index in [1.165, 1.54) is 19.2 Å². The van der Waals surface area contributed by atoms with Gasteiger partial charge in [-0.15, -0.1) is 0 Å².